The van der Waals surface area contributed by atoms with Crippen LogP contribution in [0, 0.1) is 11.8 Å². The molecule has 3 aromatic rings. The second kappa shape index (κ2) is 8.90. The van der Waals surface area contributed by atoms with E-state index in [0.717, 1.165) is 11.3 Å². The van der Waals surface area contributed by atoms with Crippen molar-refractivity contribution < 1.29 is 9.59 Å². The van der Waals surface area contributed by atoms with Gasteiger partial charge in [0.05, 0.1) is 23.6 Å². The maximum atomic E-state index is 13.4. The zero-order valence-electron chi connectivity index (χ0n) is 17.6. The molecule has 7 nitrogen and oxygen atoms in total. The van der Waals surface area contributed by atoms with Crippen molar-refractivity contribution in [2.75, 3.05) is 23.4 Å². The highest BCUT2D eigenvalue weighted by Gasteiger charge is 2.50. The van der Waals surface area contributed by atoms with Crippen molar-refractivity contribution in [2.45, 2.75) is 12.6 Å². The number of hydrogen-bond donors (Lipinski definition) is 2. The minimum absolute atomic E-state index is 0.000623. The smallest absolute Gasteiger partial charge is 0.247 e. The summed E-state index contributed by atoms with van der Waals surface area (Å²) in [5, 5.41) is 4.61. The van der Waals surface area contributed by atoms with Crippen molar-refractivity contribution in [3.63, 3.8) is 0 Å². The monoisotopic (exact) mass is 427 g/mol. The Balaban J connectivity index is 1.41. The van der Waals surface area contributed by atoms with Crippen molar-refractivity contribution in [3.8, 4) is 0 Å². The van der Waals surface area contributed by atoms with Gasteiger partial charge in [0.2, 0.25) is 11.8 Å². The molecule has 3 unspecified atom stereocenters. The molecule has 3 heterocycles. The molecule has 2 saturated heterocycles. The lowest BCUT2D eigenvalue weighted by molar-refractivity contribution is -0.126. The van der Waals surface area contributed by atoms with Crippen molar-refractivity contribution in [1.82, 2.24) is 15.3 Å². The standard InChI is InChI=1S/C25H25N5O2/c31-24(27-19-11-13-26-14-12-19)21-16-29(15-18-7-3-1-4-8-18)17-22-23(21)28-30(25(22)32)20-9-5-2-6-10-20/h1-14,21-23,28H,15-17H2,(H,26,27,31). The molecule has 2 aliphatic rings. The van der Waals surface area contributed by atoms with Crippen LogP contribution in [-0.4, -0.2) is 40.8 Å². The van der Waals surface area contributed by atoms with Gasteiger partial charge in [-0.2, -0.15) is 0 Å². The fourth-order valence-corrected chi connectivity index (χ4v) is 4.59. The Morgan fingerprint density at radius 2 is 1.66 bits per heavy atom. The first kappa shape index (κ1) is 20.4. The summed E-state index contributed by atoms with van der Waals surface area (Å²) in [6.07, 6.45) is 3.30. The molecular weight excluding hydrogens is 402 g/mol. The lowest BCUT2D eigenvalue weighted by Gasteiger charge is -2.38. The van der Waals surface area contributed by atoms with Gasteiger partial charge in [0.25, 0.3) is 0 Å². The summed E-state index contributed by atoms with van der Waals surface area (Å²) in [6.45, 7) is 1.87. The Kier molecular flexibility index (Phi) is 5.66. The van der Waals surface area contributed by atoms with E-state index in [0.29, 0.717) is 25.3 Å². The van der Waals surface area contributed by atoms with E-state index in [2.05, 4.69) is 32.8 Å². The van der Waals surface area contributed by atoms with E-state index >= 15 is 0 Å². The second-order valence-electron chi connectivity index (χ2n) is 8.28. The van der Waals surface area contributed by atoms with Gasteiger partial charge in [-0.05, 0) is 29.8 Å². The van der Waals surface area contributed by atoms with E-state index in [-0.39, 0.29) is 29.7 Å². The number of benzene rings is 2. The molecule has 32 heavy (non-hydrogen) atoms. The summed E-state index contributed by atoms with van der Waals surface area (Å²) in [4.78, 5) is 32.9. The maximum absolute atomic E-state index is 13.4. The number of nitrogens with zero attached hydrogens (tertiary/aromatic N) is 3. The number of rotatable bonds is 5. The van der Waals surface area contributed by atoms with Gasteiger partial charge in [-0.1, -0.05) is 48.5 Å². The molecule has 0 saturated carbocycles. The number of hydrazine groups is 1. The van der Waals surface area contributed by atoms with Crippen molar-refractivity contribution >= 4 is 23.2 Å². The summed E-state index contributed by atoms with van der Waals surface area (Å²) in [5.74, 6) is -0.788. The van der Waals surface area contributed by atoms with Crippen LogP contribution in [0.15, 0.2) is 85.2 Å². The number of fused-ring (bicyclic) bond motifs is 1. The van der Waals surface area contributed by atoms with Crippen LogP contribution in [-0.2, 0) is 16.1 Å². The van der Waals surface area contributed by atoms with Crippen LogP contribution in [0.2, 0.25) is 0 Å². The molecule has 2 fully saturated rings. The van der Waals surface area contributed by atoms with Gasteiger partial charge in [0, 0.05) is 37.7 Å². The molecule has 2 N–H and O–H groups in total. The highest BCUT2D eigenvalue weighted by Crippen LogP contribution is 2.33. The first-order chi connectivity index (χ1) is 15.7. The summed E-state index contributed by atoms with van der Waals surface area (Å²) >= 11 is 0. The number of hydrogen-bond acceptors (Lipinski definition) is 5. The van der Waals surface area contributed by atoms with Gasteiger partial charge in [-0.25, -0.2) is 10.4 Å². The SMILES string of the molecule is O=C(Nc1ccncc1)C1CN(Cc2ccccc2)CC2C(=O)N(c3ccccc3)NC12. The van der Waals surface area contributed by atoms with Gasteiger partial charge in [0.1, 0.15) is 0 Å². The van der Waals surface area contributed by atoms with Crippen molar-refractivity contribution in [3.05, 3.63) is 90.8 Å². The Morgan fingerprint density at radius 3 is 2.38 bits per heavy atom. The largest absolute Gasteiger partial charge is 0.326 e. The highest BCUT2D eigenvalue weighted by atomic mass is 16.2. The predicted octanol–water partition coefficient (Wildman–Crippen LogP) is 2.69. The average molecular weight is 428 g/mol. The first-order valence-corrected chi connectivity index (χ1v) is 10.8. The molecule has 2 aliphatic heterocycles. The van der Waals surface area contributed by atoms with Gasteiger partial charge in [-0.3, -0.25) is 19.5 Å². The van der Waals surface area contributed by atoms with Crippen LogP contribution in [0.4, 0.5) is 11.4 Å². The maximum Gasteiger partial charge on any atom is 0.247 e. The molecule has 2 aromatic carbocycles. The molecule has 2 amide bonds. The van der Waals surface area contributed by atoms with Crippen LogP contribution < -0.4 is 15.8 Å². The van der Waals surface area contributed by atoms with E-state index in [1.165, 1.54) is 0 Å². The lowest BCUT2D eigenvalue weighted by atomic mass is 9.83. The van der Waals surface area contributed by atoms with Gasteiger partial charge in [-0.15, -0.1) is 0 Å². The Morgan fingerprint density at radius 1 is 0.969 bits per heavy atom. The van der Waals surface area contributed by atoms with Gasteiger partial charge in [0.15, 0.2) is 0 Å². The zero-order valence-corrected chi connectivity index (χ0v) is 17.6. The number of likely N-dealkylation sites (tertiary alicyclic amines) is 1. The first-order valence-electron chi connectivity index (χ1n) is 10.8. The van der Waals surface area contributed by atoms with Crippen LogP contribution in [0.3, 0.4) is 0 Å². The average Bonchev–Trinajstić information content (AvgIpc) is 3.17. The number of carbonyl (C=O) groups excluding carboxylic acids is 2. The van der Waals surface area contributed by atoms with Gasteiger partial charge < -0.3 is 5.32 Å². The third-order valence-electron chi connectivity index (χ3n) is 6.14. The quantitative estimate of drug-likeness (QED) is 0.655. The van der Waals surface area contributed by atoms with Crippen LogP contribution in [0.25, 0.3) is 0 Å². The molecule has 0 bridgehead atoms. The summed E-state index contributed by atoms with van der Waals surface area (Å²) in [6, 6.07) is 22.9. The number of pyridine rings is 1. The predicted molar refractivity (Wildman–Crippen MR) is 122 cm³/mol. The number of aromatic nitrogens is 1. The van der Waals surface area contributed by atoms with Crippen LogP contribution in [0.5, 0.6) is 0 Å². The Labute approximate surface area is 187 Å². The number of amides is 2. The molecule has 1 aromatic heterocycles. The highest BCUT2D eigenvalue weighted by molar-refractivity contribution is 5.99. The number of piperidine rings is 1. The zero-order chi connectivity index (χ0) is 21.9. The molecular formula is C25H25N5O2. The van der Waals surface area contributed by atoms with Crippen LogP contribution in [0.1, 0.15) is 5.56 Å². The fraction of sp³-hybridized carbons (Fsp3) is 0.240. The third-order valence-corrected chi connectivity index (χ3v) is 6.14. The van der Waals surface area contributed by atoms with Crippen molar-refractivity contribution in [1.29, 1.82) is 0 Å². The molecule has 0 spiro atoms. The van der Waals surface area contributed by atoms with E-state index in [9.17, 15) is 9.59 Å². The minimum atomic E-state index is -0.386. The van der Waals surface area contributed by atoms with E-state index in [1.807, 2.05) is 48.5 Å². The van der Waals surface area contributed by atoms with E-state index < -0.39 is 0 Å². The Hall–Kier alpha value is -3.55. The van der Waals surface area contributed by atoms with Gasteiger partial charge >= 0.3 is 0 Å². The number of nitrogens with one attached hydrogen (secondary N) is 2. The minimum Gasteiger partial charge on any atom is -0.326 e. The molecule has 0 aliphatic carbocycles. The van der Waals surface area contributed by atoms with E-state index in [1.54, 1.807) is 29.5 Å². The van der Waals surface area contributed by atoms with E-state index in [4.69, 9.17) is 0 Å². The molecule has 5 rings (SSSR count). The normalized spacial score (nSPS) is 23.1. The lowest BCUT2D eigenvalue weighted by Crippen LogP contribution is -2.55. The molecule has 0 radical (unpaired) electrons. The summed E-state index contributed by atoms with van der Waals surface area (Å²) < 4.78 is 0. The summed E-state index contributed by atoms with van der Waals surface area (Å²) in [5.41, 5.74) is 6.00. The second-order valence-corrected chi connectivity index (χ2v) is 8.28. The topological polar surface area (TPSA) is 77.6 Å². The molecule has 162 valence electrons. The fourth-order valence-electron chi connectivity index (χ4n) is 4.59. The number of anilines is 2. The molecule has 7 heteroatoms. The summed E-state index contributed by atoms with van der Waals surface area (Å²) in [7, 11) is 0. The third kappa shape index (κ3) is 4.12. The number of carbonyl (C=O) groups is 2. The number of para-hydroxylation sites is 1. The van der Waals surface area contributed by atoms with Crippen molar-refractivity contribution in [2.24, 2.45) is 11.8 Å². The molecule has 3 atom stereocenters. The van der Waals surface area contributed by atoms with Crippen LogP contribution >= 0.6 is 0 Å². The Bertz CT molecular complexity index is 1080.